The molecule has 8 nitrogen and oxygen atoms in total. The zero-order valence-electron chi connectivity index (χ0n) is 9.41. The van der Waals surface area contributed by atoms with Gasteiger partial charge in [-0.15, -0.1) is 0 Å². The smallest absolute Gasteiger partial charge is 0.362 e. The van der Waals surface area contributed by atoms with Gasteiger partial charge >= 0.3 is 5.97 Å². The summed E-state index contributed by atoms with van der Waals surface area (Å²) in [6.07, 6.45) is -4.81. The van der Waals surface area contributed by atoms with Crippen molar-refractivity contribution in [2.45, 2.75) is 31.0 Å². The van der Waals surface area contributed by atoms with Gasteiger partial charge in [-0.25, -0.2) is 4.79 Å². The van der Waals surface area contributed by atoms with Gasteiger partial charge in [0, 0.05) is 6.92 Å². The molecule has 0 radical (unpaired) electrons. The third-order valence-corrected chi connectivity index (χ3v) is 2.47. The molecule has 0 saturated carbocycles. The number of rotatable bonds is 2. The molecule has 8 heteroatoms. The lowest BCUT2D eigenvalue weighted by molar-refractivity contribution is -0.250. The van der Waals surface area contributed by atoms with Gasteiger partial charge < -0.3 is 30.1 Å². The fourth-order valence-electron chi connectivity index (χ4n) is 1.61. The topological polar surface area (TPSA) is 125 Å². The van der Waals surface area contributed by atoms with Crippen molar-refractivity contribution in [1.29, 1.82) is 0 Å². The van der Waals surface area contributed by atoms with Crippen LogP contribution in [0.1, 0.15) is 6.92 Å². The van der Waals surface area contributed by atoms with E-state index >= 15 is 0 Å². The summed E-state index contributed by atoms with van der Waals surface area (Å²) in [7, 11) is 1.04. The quantitative estimate of drug-likeness (QED) is 0.387. The van der Waals surface area contributed by atoms with Gasteiger partial charge in [0.1, 0.15) is 18.3 Å². The molecular weight excluding hydrogens is 234 g/mol. The van der Waals surface area contributed by atoms with Crippen molar-refractivity contribution >= 4 is 11.9 Å². The predicted octanol–water partition coefficient (Wildman–Crippen LogP) is -2.90. The summed E-state index contributed by atoms with van der Waals surface area (Å²) >= 11 is 0. The summed E-state index contributed by atoms with van der Waals surface area (Å²) in [5.41, 5.74) is -2.20. The largest absolute Gasteiger partial charge is 0.465 e. The van der Waals surface area contributed by atoms with Crippen molar-refractivity contribution < 1.29 is 34.4 Å². The monoisotopic (exact) mass is 249 g/mol. The molecule has 0 aromatic rings. The number of aliphatic hydroxyl groups is 3. The van der Waals surface area contributed by atoms with Crippen LogP contribution < -0.4 is 5.32 Å². The van der Waals surface area contributed by atoms with Crippen LogP contribution in [0.5, 0.6) is 0 Å². The van der Waals surface area contributed by atoms with Gasteiger partial charge in [0.2, 0.25) is 5.91 Å². The summed E-state index contributed by atoms with van der Waals surface area (Å²) in [5.74, 6) is -1.72. The van der Waals surface area contributed by atoms with Gasteiger partial charge in [0.05, 0.1) is 13.7 Å². The third kappa shape index (κ3) is 2.39. The zero-order valence-corrected chi connectivity index (χ0v) is 9.41. The van der Waals surface area contributed by atoms with Crippen molar-refractivity contribution in [2.75, 3.05) is 13.7 Å². The summed E-state index contributed by atoms with van der Waals surface area (Å²) in [4.78, 5) is 22.6. The summed E-state index contributed by atoms with van der Waals surface area (Å²) in [6, 6.07) is 0. The molecule has 0 aromatic heterocycles. The molecule has 0 unspecified atom stereocenters. The highest BCUT2D eigenvalue weighted by Gasteiger charge is 2.56. The number of aliphatic hydroxyl groups excluding tert-OH is 3. The molecule has 1 saturated heterocycles. The van der Waals surface area contributed by atoms with E-state index < -0.39 is 42.5 Å². The van der Waals surface area contributed by atoms with Gasteiger partial charge in [0.15, 0.2) is 0 Å². The first-order valence-corrected chi connectivity index (χ1v) is 4.90. The normalized spacial score (nSPS) is 37.4. The highest BCUT2D eigenvalue weighted by Crippen LogP contribution is 2.25. The molecule has 4 N–H and O–H groups in total. The summed E-state index contributed by atoms with van der Waals surface area (Å²) in [6.45, 7) is 0.686. The highest BCUT2D eigenvalue weighted by molar-refractivity contribution is 5.86. The number of carbonyl (C=O) groups excluding carboxylic acids is 2. The number of nitrogens with one attached hydrogen (secondary N) is 1. The minimum Gasteiger partial charge on any atom is -0.465 e. The van der Waals surface area contributed by atoms with E-state index in [4.69, 9.17) is 4.74 Å². The fraction of sp³-hybridized carbons (Fsp3) is 0.778. The Morgan fingerprint density at radius 2 is 2.00 bits per heavy atom. The van der Waals surface area contributed by atoms with E-state index in [-0.39, 0.29) is 0 Å². The van der Waals surface area contributed by atoms with Crippen LogP contribution in [-0.4, -0.2) is 64.9 Å². The van der Waals surface area contributed by atoms with E-state index in [0.29, 0.717) is 0 Å². The molecule has 1 heterocycles. The Hall–Kier alpha value is -1.22. The average Bonchev–Trinajstić information content (AvgIpc) is 2.28. The zero-order chi connectivity index (χ0) is 13.2. The van der Waals surface area contributed by atoms with Crippen LogP contribution in [0.15, 0.2) is 0 Å². The lowest BCUT2D eigenvalue weighted by Gasteiger charge is -2.42. The number of hydrogen-bond donors (Lipinski definition) is 4. The molecule has 1 rings (SSSR count). The van der Waals surface area contributed by atoms with Crippen molar-refractivity contribution in [3.63, 3.8) is 0 Å². The second-order valence-corrected chi connectivity index (χ2v) is 3.72. The van der Waals surface area contributed by atoms with Gasteiger partial charge in [0.25, 0.3) is 5.72 Å². The molecule has 1 aliphatic heterocycles. The Morgan fingerprint density at radius 3 is 2.47 bits per heavy atom. The van der Waals surface area contributed by atoms with Crippen LogP contribution in [0.2, 0.25) is 0 Å². The number of methoxy groups -OCH3 is 1. The van der Waals surface area contributed by atoms with Crippen molar-refractivity contribution in [1.82, 2.24) is 5.32 Å². The predicted molar refractivity (Wildman–Crippen MR) is 52.5 cm³/mol. The minimum atomic E-state index is -2.20. The third-order valence-electron chi connectivity index (χ3n) is 2.47. The second-order valence-electron chi connectivity index (χ2n) is 3.72. The highest BCUT2D eigenvalue weighted by atomic mass is 16.6. The van der Waals surface area contributed by atoms with Crippen LogP contribution in [0.25, 0.3) is 0 Å². The molecule has 1 aliphatic rings. The lowest BCUT2D eigenvalue weighted by atomic mass is 9.94. The van der Waals surface area contributed by atoms with Gasteiger partial charge in [-0.1, -0.05) is 0 Å². The van der Waals surface area contributed by atoms with Gasteiger partial charge in [-0.2, -0.15) is 0 Å². The first-order chi connectivity index (χ1) is 7.85. The Kier molecular flexibility index (Phi) is 4.04. The fourth-order valence-corrected chi connectivity index (χ4v) is 1.61. The Balaban J connectivity index is 3.05. The number of esters is 1. The summed E-state index contributed by atoms with van der Waals surface area (Å²) in [5, 5.41) is 30.6. The molecule has 17 heavy (non-hydrogen) atoms. The van der Waals surface area contributed by atoms with Crippen LogP contribution >= 0.6 is 0 Å². The Labute approximate surface area is 97.1 Å². The lowest BCUT2D eigenvalue weighted by Crippen LogP contribution is -2.71. The summed E-state index contributed by atoms with van der Waals surface area (Å²) < 4.78 is 9.37. The molecule has 1 fully saturated rings. The maximum Gasteiger partial charge on any atom is 0.362 e. The van der Waals surface area contributed by atoms with E-state index in [1.165, 1.54) is 0 Å². The minimum absolute atomic E-state index is 0.423. The van der Waals surface area contributed by atoms with Crippen molar-refractivity contribution in [2.24, 2.45) is 0 Å². The molecule has 1 amide bonds. The first-order valence-electron chi connectivity index (χ1n) is 4.90. The van der Waals surface area contributed by atoms with Crippen LogP contribution in [0.4, 0.5) is 0 Å². The molecule has 0 spiro atoms. The first kappa shape index (κ1) is 13.8. The van der Waals surface area contributed by atoms with E-state index in [0.717, 1.165) is 14.0 Å². The number of carbonyl (C=O) groups is 2. The molecule has 0 bridgehead atoms. The van der Waals surface area contributed by atoms with Gasteiger partial charge in [-0.3, -0.25) is 4.79 Å². The van der Waals surface area contributed by atoms with Crippen LogP contribution in [0.3, 0.4) is 0 Å². The molecule has 0 aromatic carbocycles. The van der Waals surface area contributed by atoms with Crippen molar-refractivity contribution in [3.05, 3.63) is 0 Å². The number of amides is 1. The van der Waals surface area contributed by atoms with E-state index in [1.54, 1.807) is 0 Å². The molecule has 4 atom stereocenters. The second kappa shape index (κ2) is 4.96. The molecular formula is C9H15NO7. The maximum atomic E-state index is 11.6. The average molecular weight is 249 g/mol. The van der Waals surface area contributed by atoms with Crippen molar-refractivity contribution in [3.8, 4) is 0 Å². The Morgan fingerprint density at radius 1 is 1.41 bits per heavy atom. The maximum absolute atomic E-state index is 11.6. The number of ether oxygens (including phenoxy) is 2. The standard InChI is InChI=1S/C9H15NO7/c1-4(11)10-9(8(15)16-2)7(14)6(13)5(12)3-17-9/h5-7,12-14H,3H2,1-2H3,(H,10,11)/t5-,6-,7+,9+/m1/s1. The molecule has 0 aliphatic carbocycles. The van der Waals surface area contributed by atoms with Crippen LogP contribution in [0, 0.1) is 0 Å². The Bertz CT molecular complexity index is 320. The van der Waals surface area contributed by atoms with E-state index in [2.05, 4.69) is 10.1 Å². The molecule has 98 valence electrons. The SMILES string of the molecule is COC(=O)[C@@]1(NC(C)=O)OC[C@@H](O)[C@@H](O)[C@@H]1O. The van der Waals surface area contributed by atoms with E-state index in [1.807, 2.05) is 0 Å². The number of hydrogen-bond acceptors (Lipinski definition) is 7. The van der Waals surface area contributed by atoms with Crippen LogP contribution in [-0.2, 0) is 19.1 Å². The van der Waals surface area contributed by atoms with E-state index in [9.17, 15) is 24.9 Å². The van der Waals surface area contributed by atoms with Gasteiger partial charge in [-0.05, 0) is 0 Å².